The standard InChI is InChI=1S/C16H19NO2/c1-10-11(2)17(3)14-9-12(5-6-13(10)14)16(15(18)19)7-4-8-16/h5-6,9H,4,7-8H2,1-3H3,(H,18,19). The average Bonchev–Trinajstić information content (AvgIpc) is 2.53. The number of aliphatic carboxylic acids is 1. The minimum atomic E-state index is -0.680. The summed E-state index contributed by atoms with van der Waals surface area (Å²) in [6.07, 6.45) is 2.53. The smallest absolute Gasteiger partial charge is 0.314 e. The number of hydrogen-bond acceptors (Lipinski definition) is 1. The van der Waals surface area contributed by atoms with Crippen molar-refractivity contribution in [1.29, 1.82) is 0 Å². The number of carboxylic acid groups (broad SMARTS) is 1. The lowest BCUT2D eigenvalue weighted by molar-refractivity contribution is -0.147. The number of carboxylic acids is 1. The predicted molar refractivity (Wildman–Crippen MR) is 75.6 cm³/mol. The van der Waals surface area contributed by atoms with Gasteiger partial charge in [0.1, 0.15) is 0 Å². The fourth-order valence-electron chi connectivity index (χ4n) is 3.21. The Morgan fingerprint density at radius 3 is 2.53 bits per heavy atom. The van der Waals surface area contributed by atoms with E-state index < -0.39 is 11.4 Å². The van der Waals surface area contributed by atoms with Crippen LogP contribution in [0.3, 0.4) is 0 Å². The van der Waals surface area contributed by atoms with E-state index in [0.29, 0.717) is 0 Å². The summed E-state index contributed by atoms with van der Waals surface area (Å²) in [5.74, 6) is -0.680. The number of aromatic nitrogens is 1. The number of hydrogen-bond donors (Lipinski definition) is 1. The summed E-state index contributed by atoms with van der Waals surface area (Å²) in [6.45, 7) is 4.22. The van der Waals surface area contributed by atoms with Gasteiger partial charge in [0.25, 0.3) is 0 Å². The second kappa shape index (κ2) is 3.86. The Balaban J connectivity index is 2.22. The molecule has 2 aromatic rings. The van der Waals surface area contributed by atoms with Crippen LogP contribution in [0.4, 0.5) is 0 Å². The highest BCUT2D eigenvalue weighted by Gasteiger charge is 2.46. The van der Waals surface area contributed by atoms with Crippen molar-refractivity contribution in [3.05, 3.63) is 35.0 Å². The maximum Gasteiger partial charge on any atom is 0.314 e. The van der Waals surface area contributed by atoms with E-state index in [1.54, 1.807) is 0 Å². The maximum atomic E-state index is 11.6. The molecule has 0 radical (unpaired) electrons. The van der Waals surface area contributed by atoms with Crippen LogP contribution in [0.5, 0.6) is 0 Å². The molecule has 0 spiro atoms. The van der Waals surface area contributed by atoms with Crippen LogP contribution in [-0.2, 0) is 17.3 Å². The molecule has 0 saturated heterocycles. The van der Waals surface area contributed by atoms with Crippen molar-refractivity contribution in [2.24, 2.45) is 7.05 Å². The van der Waals surface area contributed by atoms with Crippen LogP contribution in [0.1, 0.15) is 36.1 Å². The van der Waals surface area contributed by atoms with Gasteiger partial charge in [-0.15, -0.1) is 0 Å². The molecule has 3 nitrogen and oxygen atoms in total. The number of rotatable bonds is 2. The van der Waals surface area contributed by atoms with Crippen LogP contribution in [0.15, 0.2) is 18.2 Å². The summed E-state index contributed by atoms with van der Waals surface area (Å²) in [4.78, 5) is 11.6. The molecule has 1 N–H and O–H groups in total. The van der Waals surface area contributed by atoms with E-state index in [-0.39, 0.29) is 0 Å². The van der Waals surface area contributed by atoms with Gasteiger partial charge < -0.3 is 9.67 Å². The van der Waals surface area contributed by atoms with E-state index in [1.165, 1.54) is 16.6 Å². The van der Waals surface area contributed by atoms with E-state index in [9.17, 15) is 9.90 Å². The minimum absolute atomic E-state index is 0.639. The van der Waals surface area contributed by atoms with Gasteiger partial charge in [0.15, 0.2) is 0 Å². The fraction of sp³-hybridized carbons (Fsp3) is 0.438. The summed E-state index contributed by atoms with van der Waals surface area (Å²) >= 11 is 0. The van der Waals surface area contributed by atoms with E-state index >= 15 is 0 Å². The molecule has 1 heterocycles. The normalized spacial score (nSPS) is 17.4. The molecule has 1 aromatic carbocycles. The molecule has 3 heteroatoms. The highest BCUT2D eigenvalue weighted by atomic mass is 16.4. The lowest BCUT2D eigenvalue weighted by Crippen LogP contribution is -2.42. The molecular formula is C16H19NO2. The fourth-order valence-corrected chi connectivity index (χ4v) is 3.21. The van der Waals surface area contributed by atoms with Crippen LogP contribution in [-0.4, -0.2) is 15.6 Å². The van der Waals surface area contributed by atoms with Crippen LogP contribution < -0.4 is 0 Å². The topological polar surface area (TPSA) is 42.2 Å². The molecule has 100 valence electrons. The van der Waals surface area contributed by atoms with Gasteiger partial charge in [-0.3, -0.25) is 4.79 Å². The highest BCUT2D eigenvalue weighted by molar-refractivity contribution is 5.89. The Bertz CT molecular complexity index is 678. The molecule has 19 heavy (non-hydrogen) atoms. The zero-order valence-corrected chi connectivity index (χ0v) is 11.7. The first kappa shape index (κ1) is 12.3. The predicted octanol–water partition coefficient (Wildman–Crippen LogP) is 3.30. The molecule has 0 aliphatic heterocycles. The van der Waals surface area contributed by atoms with Crippen molar-refractivity contribution in [2.75, 3.05) is 0 Å². The molecule has 3 rings (SSSR count). The van der Waals surface area contributed by atoms with Crippen LogP contribution >= 0.6 is 0 Å². The third-order valence-electron chi connectivity index (χ3n) is 4.98. The first-order valence-corrected chi connectivity index (χ1v) is 6.77. The van der Waals surface area contributed by atoms with E-state index in [0.717, 1.165) is 30.3 Å². The Hall–Kier alpha value is -1.77. The third kappa shape index (κ3) is 1.47. The summed E-state index contributed by atoms with van der Waals surface area (Å²) < 4.78 is 2.16. The number of benzene rings is 1. The van der Waals surface area contributed by atoms with Crippen LogP contribution in [0.25, 0.3) is 10.9 Å². The van der Waals surface area contributed by atoms with Gasteiger partial charge in [-0.05, 0) is 43.9 Å². The molecule has 1 saturated carbocycles. The summed E-state index contributed by atoms with van der Waals surface area (Å²) in [5.41, 5.74) is 3.98. The molecule has 0 atom stereocenters. The molecular weight excluding hydrogens is 238 g/mol. The molecule has 0 bridgehead atoms. The first-order valence-electron chi connectivity index (χ1n) is 6.77. The molecule has 0 amide bonds. The minimum Gasteiger partial charge on any atom is -0.481 e. The summed E-state index contributed by atoms with van der Waals surface area (Å²) in [6, 6.07) is 6.15. The molecule has 1 aromatic heterocycles. The third-order valence-corrected chi connectivity index (χ3v) is 4.98. The Morgan fingerprint density at radius 1 is 1.32 bits per heavy atom. The first-order chi connectivity index (χ1) is 8.97. The molecule has 1 aliphatic rings. The van der Waals surface area contributed by atoms with E-state index in [4.69, 9.17) is 0 Å². The van der Waals surface area contributed by atoms with Gasteiger partial charge in [-0.1, -0.05) is 18.6 Å². The van der Waals surface area contributed by atoms with Gasteiger partial charge in [-0.2, -0.15) is 0 Å². The van der Waals surface area contributed by atoms with E-state index in [2.05, 4.69) is 30.5 Å². The van der Waals surface area contributed by atoms with Crippen LogP contribution in [0.2, 0.25) is 0 Å². The lowest BCUT2D eigenvalue weighted by atomic mass is 9.64. The Kier molecular flexibility index (Phi) is 2.49. The van der Waals surface area contributed by atoms with Crippen LogP contribution in [0, 0.1) is 13.8 Å². The van der Waals surface area contributed by atoms with Crippen molar-refractivity contribution >= 4 is 16.9 Å². The quantitative estimate of drug-likeness (QED) is 0.897. The monoisotopic (exact) mass is 257 g/mol. The Morgan fingerprint density at radius 2 is 2.00 bits per heavy atom. The molecule has 1 aliphatic carbocycles. The van der Waals surface area contributed by atoms with Crippen molar-refractivity contribution in [2.45, 2.75) is 38.5 Å². The van der Waals surface area contributed by atoms with Gasteiger partial charge >= 0.3 is 5.97 Å². The maximum absolute atomic E-state index is 11.6. The van der Waals surface area contributed by atoms with Gasteiger partial charge in [0.2, 0.25) is 0 Å². The van der Waals surface area contributed by atoms with E-state index in [1.807, 2.05) is 13.1 Å². The zero-order valence-electron chi connectivity index (χ0n) is 11.7. The van der Waals surface area contributed by atoms with Crippen molar-refractivity contribution < 1.29 is 9.90 Å². The van der Waals surface area contributed by atoms with Crippen molar-refractivity contribution in [3.8, 4) is 0 Å². The number of carbonyl (C=O) groups is 1. The van der Waals surface area contributed by atoms with Crippen molar-refractivity contribution in [3.63, 3.8) is 0 Å². The number of fused-ring (bicyclic) bond motifs is 1. The molecule has 1 fully saturated rings. The van der Waals surface area contributed by atoms with Gasteiger partial charge in [0, 0.05) is 23.6 Å². The SMILES string of the molecule is Cc1c(C)n(C)c2cc(C3(C(=O)O)CCC3)ccc12. The second-order valence-electron chi connectivity index (χ2n) is 5.74. The number of nitrogens with zero attached hydrogens (tertiary/aromatic N) is 1. The van der Waals surface area contributed by atoms with Crippen molar-refractivity contribution in [1.82, 2.24) is 4.57 Å². The zero-order chi connectivity index (χ0) is 13.8. The lowest BCUT2D eigenvalue weighted by Gasteiger charge is -2.38. The largest absolute Gasteiger partial charge is 0.481 e. The van der Waals surface area contributed by atoms with Gasteiger partial charge in [0.05, 0.1) is 5.41 Å². The second-order valence-corrected chi connectivity index (χ2v) is 5.74. The average molecular weight is 257 g/mol. The Labute approximate surface area is 112 Å². The van der Waals surface area contributed by atoms with Gasteiger partial charge in [-0.25, -0.2) is 0 Å². The molecule has 0 unspecified atom stereocenters. The summed E-state index contributed by atoms with van der Waals surface area (Å²) in [5, 5.41) is 10.8. The number of aryl methyl sites for hydroxylation is 2. The highest BCUT2D eigenvalue weighted by Crippen LogP contribution is 2.45. The summed E-state index contributed by atoms with van der Waals surface area (Å²) in [7, 11) is 2.04.